The molecule has 2 heteroatoms. The molecule has 0 amide bonds. The van der Waals surface area contributed by atoms with E-state index in [-0.39, 0.29) is 6.42 Å². The molecule has 94 valence electrons. The summed E-state index contributed by atoms with van der Waals surface area (Å²) in [6, 6.07) is 10.9. The second kappa shape index (κ2) is 7.88. The van der Waals surface area contributed by atoms with Gasteiger partial charge in [0.15, 0.2) is 0 Å². The highest BCUT2D eigenvalue weighted by atomic mass is 16.4. The van der Waals surface area contributed by atoms with E-state index in [1.807, 2.05) is 0 Å². The van der Waals surface area contributed by atoms with Crippen molar-refractivity contribution >= 4 is 5.97 Å². The molecule has 0 spiro atoms. The zero-order chi connectivity index (χ0) is 12.5. The molecule has 0 aliphatic heterocycles. The lowest BCUT2D eigenvalue weighted by atomic mass is 9.98. The molecule has 1 fully saturated rings. The molecule has 2 rings (SSSR count). The van der Waals surface area contributed by atoms with Gasteiger partial charge >= 0.3 is 5.97 Å². The number of carboxylic acids is 1. The Labute approximate surface area is 104 Å². The maximum absolute atomic E-state index is 9.37. The van der Waals surface area contributed by atoms with E-state index in [0.29, 0.717) is 0 Å². The number of rotatable bonds is 3. The van der Waals surface area contributed by atoms with Crippen molar-refractivity contribution in [2.75, 3.05) is 0 Å². The molecule has 0 atom stereocenters. The van der Waals surface area contributed by atoms with Gasteiger partial charge in [-0.15, -0.1) is 0 Å². The predicted molar refractivity (Wildman–Crippen MR) is 70.0 cm³/mol. The molecule has 1 N–H and O–H groups in total. The second-order valence-electron chi connectivity index (χ2n) is 4.59. The number of hydrogen-bond donors (Lipinski definition) is 1. The molecule has 2 nitrogen and oxygen atoms in total. The number of carboxylic acid groups (broad SMARTS) is 1. The third-order valence-corrected chi connectivity index (χ3v) is 3.14. The van der Waals surface area contributed by atoms with Crippen molar-refractivity contribution < 1.29 is 9.90 Å². The number of benzene rings is 1. The van der Waals surface area contributed by atoms with Crippen molar-refractivity contribution in [1.29, 1.82) is 0 Å². The van der Waals surface area contributed by atoms with Gasteiger partial charge in [-0.25, -0.2) is 0 Å². The highest BCUT2D eigenvalue weighted by Gasteiger charge is 2.14. The summed E-state index contributed by atoms with van der Waals surface area (Å²) in [6.07, 6.45) is 7.35. The summed E-state index contributed by atoms with van der Waals surface area (Å²) in [5.74, 6) is 0.234. The van der Waals surface area contributed by atoms with Crippen LogP contribution < -0.4 is 0 Å². The second-order valence-corrected chi connectivity index (χ2v) is 4.59. The summed E-state index contributed by atoms with van der Waals surface area (Å²) in [7, 11) is 0. The maximum Gasteiger partial charge on any atom is 0.303 e. The van der Waals surface area contributed by atoms with Gasteiger partial charge in [0.2, 0.25) is 0 Å². The van der Waals surface area contributed by atoms with Crippen LogP contribution in [0.4, 0.5) is 0 Å². The summed E-state index contributed by atoms with van der Waals surface area (Å²) in [4.78, 5) is 9.37. The highest BCUT2D eigenvalue weighted by molar-refractivity contribution is 5.66. The van der Waals surface area contributed by atoms with Crippen LogP contribution in [0, 0.1) is 5.92 Å². The van der Waals surface area contributed by atoms with Crippen LogP contribution in [0.25, 0.3) is 0 Å². The monoisotopic (exact) mass is 234 g/mol. The fraction of sp³-hybridized carbons (Fsp3) is 0.533. The Morgan fingerprint density at radius 2 is 1.76 bits per heavy atom. The average molecular weight is 234 g/mol. The molecule has 0 heterocycles. The van der Waals surface area contributed by atoms with Gasteiger partial charge in [-0.1, -0.05) is 62.9 Å². The van der Waals surface area contributed by atoms with Crippen molar-refractivity contribution in [3.05, 3.63) is 35.9 Å². The fourth-order valence-corrected chi connectivity index (χ4v) is 2.16. The van der Waals surface area contributed by atoms with Crippen LogP contribution in [0.2, 0.25) is 0 Å². The minimum absolute atomic E-state index is 0.222. The Hall–Kier alpha value is -1.31. The molecule has 0 bridgehead atoms. The van der Waals surface area contributed by atoms with Gasteiger partial charge in [0.25, 0.3) is 0 Å². The largest absolute Gasteiger partial charge is 0.481 e. The third kappa shape index (κ3) is 6.10. The lowest BCUT2D eigenvalue weighted by Crippen LogP contribution is -1.97. The Kier molecular flexibility index (Phi) is 6.38. The van der Waals surface area contributed by atoms with Crippen molar-refractivity contribution in [2.45, 2.75) is 45.4 Å². The number of hydrogen-bond acceptors (Lipinski definition) is 1. The standard InChI is InChI=1S/C12H16.C3H6O2/c1-2-6-11(7-3-1)10-12-8-4-5-9-12;1-2-3(4)5/h1-3,6-7,12H,4-5,8-10H2;2H2,1H3,(H,4,5). The summed E-state index contributed by atoms with van der Waals surface area (Å²) < 4.78 is 0. The smallest absolute Gasteiger partial charge is 0.303 e. The lowest BCUT2D eigenvalue weighted by Gasteiger charge is -2.07. The predicted octanol–water partition coefficient (Wildman–Crippen LogP) is 3.90. The van der Waals surface area contributed by atoms with Crippen molar-refractivity contribution in [3.8, 4) is 0 Å². The zero-order valence-electron chi connectivity index (χ0n) is 10.6. The number of carbonyl (C=O) groups is 1. The molecule has 1 aromatic carbocycles. The molecular weight excluding hydrogens is 212 g/mol. The van der Waals surface area contributed by atoms with Crippen LogP contribution >= 0.6 is 0 Å². The van der Waals surface area contributed by atoms with Crippen LogP contribution in [0.5, 0.6) is 0 Å². The molecule has 0 radical (unpaired) electrons. The van der Waals surface area contributed by atoms with Gasteiger partial charge in [-0.3, -0.25) is 4.79 Å². The normalized spacial score (nSPS) is 15.1. The van der Waals surface area contributed by atoms with Crippen molar-refractivity contribution in [2.24, 2.45) is 5.92 Å². The van der Waals surface area contributed by atoms with E-state index in [9.17, 15) is 4.79 Å². The molecule has 17 heavy (non-hydrogen) atoms. The molecule has 0 saturated heterocycles. The topological polar surface area (TPSA) is 37.3 Å². The highest BCUT2D eigenvalue weighted by Crippen LogP contribution is 2.27. The van der Waals surface area contributed by atoms with E-state index in [0.717, 1.165) is 5.92 Å². The third-order valence-electron chi connectivity index (χ3n) is 3.14. The molecule has 1 aromatic rings. The molecule has 0 unspecified atom stereocenters. The zero-order valence-corrected chi connectivity index (χ0v) is 10.6. The SMILES string of the molecule is CCC(=O)O.c1ccc(CC2CCCC2)cc1. The van der Waals surface area contributed by atoms with E-state index < -0.39 is 5.97 Å². The van der Waals surface area contributed by atoms with E-state index in [1.54, 1.807) is 6.92 Å². The number of aliphatic carboxylic acids is 1. The van der Waals surface area contributed by atoms with Gasteiger partial charge in [-0.05, 0) is 17.9 Å². The first kappa shape index (κ1) is 13.8. The quantitative estimate of drug-likeness (QED) is 0.861. The van der Waals surface area contributed by atoms with Crippen molar-refractivity contribution in [3.63, 3.8) is 0 Å². The molecule has 1 aliphatic rings. The maximum atomic E-state index is 9.37. The minimum atomic E-state index is -0.745. The van der Waals surface area contributed by atoms with Gasteiger partial charge in [0.1, 0.15) is 0 Å². The van der Waals surface area contributed by atoms with Crippen LogP contribution in [-0.4, -0.2) is 11.1 Å². The van der Waals surface area contributed by atoms with Gasteiger partial charge in [-0.2, -0.15) is 0 Å². The molecule has 1 aliphatic carbocycles. The Balaban J connectivity index is 0.000000249. The van der Waals surface area contributed by atoms with Crippen molar-refractivity contribution in [1.82, 2.24) is 0 Å². The Morgan fingerprint density at radius 3 is 2.24 bits per heavy atom. The fourth-order valence-electron chi connectivity index (χ4n) is 2.16. The molecular formula is C15H22O2. The Bertz CT molecular complexity index is 313. The summed E-state index contributed by atoms with van der Waals surface area (Å²) in [6.45, 7) is 1.60. The Morgan fingerprint density at radius 1 is 1.24 bits per heavy atom. The first-order chi connectivity index (χ1) is 8.22. The first-order valence-electron chi connectivity index (χ1n) is 6.48. The first-order valence-corrected chi connectivity index (χ1v) is 6.48. The van der Waals surface area contributed by atoms with Gasteiger partial charge < -0.3 is 5.11 Å². The molecule has 1 saturated carbocycles. The van der Waals surface area contributed by atoms with E-state index >= 15 is 0 Å². The van der Waals surface area contributed by atoms with Crippen LogP contribution in [-0.2, 0) is 11.2 Å². The average Bonchev–Trinajstić information content (AvgIpc) is 2.84. The lowest BCUT2D eigenvalue weighted by molar-refractivity contribution is -0.136. The van der Waals surface area contributed by atoms with Gasteiger partial charge in [0.05, 0.1) is 0 Å². The summed E-state index contributed by atoms with van der Waals surface area (Å²) >= 11 is 0. The summed E-state index contributed by atoms with van der Waals surface area (Å²) in [5, 5.41) is 7.72. The van der Waals surface area contributed by atoms with Crippen LogP contribution in [0.3, 0.4) is 0 Å². The van der Waals surface area contributed by atoms with Crippen LogP contribution in [0.1, 0.15) is 44.6 Å². The van der Waals surface area contributed by atoms with E-state index in [2.05, 4.69) is 30.3 Å². The van der Waals surface area contributed by atoms with Crippen LogP contribution in [0.15, 0.2) is 30.3 Å². The van der Waals surface area contributed by atoms with E-state index in [1.165, 1.54) is 37.7 Å². The summed E-state index contributed by atoms with van der Waals surface area (Å²) in [5.41, 5.74) is 1.52. The van der Waals surface area contributed by atoms with Gasteiger partial charge in [0, 0.05) is 6.42 Å². The van der Waals surface area contributed by atoms with E-state index in [4.69, 9.17) is 5.11 Å². The molecule has 0 aromatic heterocycles. The minimum Gasteiger partial charge on any atom is -0.481 e.